The highest BCUT2D eigenvalue weighted by Gasteiger charge is 2.46. The van der Waals surface area contributed by atoms with Gasteiger partial charge in [-0.15, -0.1) is 0 Å². The molecule has 2 heterocycles. The van der Waals surface area contributed by atoms with Crippen LogP contribution in [0.2, 0.25) is 0 Å². The third kappa shape index (κ3) is 15.3. The van der Waals surface area contributed by atoms with Crippen LogP contribution in [0.3, 0.4) is 0 Å². The van der Waals surface area contributed by atoms with E-state index in [9.17, 15) is 48.3 Å². The normalized spacial score (nSPS) is 24.3. The number of piperidine rings is 1. The summed E-state index contributed by atoms with van der Waals surface area (Å²) in [5.41, 5.74) is 1.59. The summed E-state index contributed by atoms with van der Waals surface area (Å²) in [6.07, 6.45) is -3.98. The minimum absolute atomic E-state index is 0.0214. The van der Waals surface area contributed by atoms with Crippen LogP contribution in [0.5, 0.6) is 0 Å². The maximum Gasteiger partial charge on any atom is 0.408 e. The fourth-order valence-corrected chi connectivity index (χ4v) is 8.74. The fourth-order valence-electron chi connectivity index (χ4n) is 8.74. The Morgan fingerprint density at radius 1 is 0.662 bits per heavy atom. The van der Waals surface area contributed by atoms with Gasteiger partial charge in [-0.2, -0.15) is 0 Å². The summed E-state index contributed by atoms with van der Waals surface area (Å²) in [7, 11) is 1.42. The first-order valence-corrected chi connectivity index (χ1v) is 25.1. The average Bonchev–Trinajstić information content (AvgIpc) is 3.36. The number of esters is 1. The number of ether oxygens (including phenoxy) is 2. The summed E-state index contributed by atoms with van der Waals surface area (Å²) in [5.74, 6) is -8.24. The van der Waals surface area contributed by atoms with Crippen LogP contribution in [-0.2, 0) is 60.9 Å². The number of nitrogens with one attached hydrogen (secondary N) is 6. The van der Waals surface area contributed by atoms with E-state index in [0.29, 0.717) is 11.1 Å². The van der Waals surface area contributed by atoms with Crippen LogP contribution in [-0.4, -0.2) is 130 Å². The smallest absolute Gasteiger partial charge is 0.408 e. The lowest BCUT2D eigenvalue weighted by atomic mass is 9.94. The van der Waals surface area contributed by atoms with Gasteiger partial charge in [0.2, 0.25) is 41.4 Å². The van der Waals surface area contributed by atoms with Gasteiger partial charge in [-0.3, -0.25) is 33.6 Å². The molecule has 8 amide bonds. The summed E-state index contributed by atoms with van der Waals surface area (Å²) >= 11 is 0. The first-order chi connectivity index (χ1) is 35.1. The summed E-state index contributed by atoms with van der Waals surface area (Å²) in [6, 6.07) is 14.7. The molecule has 1 unspecified atom stereocenters. The molecule has 2 saturated heterocycles. The van der Waals surface area contributed by atoms with E-state index in [1.807, 2.05) is 19.9 Å². The third-order valence-corrected chi connectivity index (χ3v) is 13.0. The van der Waals surface area contributed by atoms with Gasteiger partial charge in [0, 0.05) is 13.5 Å². The maximum atomic E-state index is 14.9. The molecule has 0 radical (unpaired) electrons. The standard InChI is InChI=1S/C54H72N8O12/c1-30(2)27-40-52(70)61(9)39(28-35-19-13-10-14-20-35)48(66)59-43(32(5)6)53(71)74-45(37-23-17-12-18-24-37)44(50(68)58-42(31(3)4)49(67)57-38-25-26-41(63)62(40)51(38)69)60-47(65)33(7)55-46(64)34(8)56-54(72)73-29-36-21-15-11-16-22-36/h10-24,30-34,38-45,63H,25-29H2,1-9H3,(H,55,64)(H,56,72)(H,57,67)(H,58,68)(H,59,66)(H,60,65)/t33-,34?,38-,39-,40-,41+,42-,43-,44-,45+/m0/s1. The molecular weight excluding hydrogens is 953 g/mol. The Bertz CT molecular complexity index is 2440. The minimum Gasteiger partial charge on any atom is -0.453 e. The zero-order chi connectivity index (χ0) is 54.4. The van der Waals surface area contributed by atoms with Crippen molar-refractivity contribution in [3.63, 3.8) is 0 Å². The second kappa shape index (κ2) is 26.6. The second-order valence-corrected chi connectivity index (χ2v) is 20.0. The molecule has 0 spiro atoms. The van der Waals surface area contributed by atoms with Gasteiger partial charge in [-0.1, -0.05) is 133 Å². The lowest BCUT2D eigenvalue weighted by Gasteiger charge is -2.43. The van der Waals surface area contributed by atoms with E-state index in [1.165, 1.54) is 25.8 Å². The van der Waals surface area contributed by atoms with E-state index >= 15 is 0 Å². The van der Waals surface area contributed by atoms with Gasteiger partial charge in [0.25, 0.3) is 0 Å². The topological polar surface area (TPSA) is 271 Å². The SMILES string of the molecule is CC(C)C[C@H]1C(=O)N(C)[C@@H](Cc2ccccc2)C(=O)N[C@@H](C(C)C)C(=O)O[C@H](c2ccccc2)[C@H](NC(=O)[C@H](C)NC(=O)C(C)NC(=O)OCc2ccccc2)C(=O)N[C@@H](C(C)C)C(=O)N[C@H]2CC[C@@H](O)N1C2=O. The number of carbonyl (C=O) groups is 9. The number of aliphatic hydroxyl groups is 1. The van der Waals surface area contributed by atoms with Gasteiger partial charge < -0.3 is 56.3 Å². The fraction of sp³-hybridized carbons (Fsp3) is 0.500. The van der Waals surface area contributed by atoms with Gasteiger partial charge in [0.1, 0.15) is 61.2 Å². The minimum atomic E-state index is -1.83. The van der Waals surface area contributed by atoms with Gasteiger partial charge in [-0.25, -0.2) is 9.59 Å². The van der Waals surface area contributed by atoms with Gasteiger partial charge in [0.15, 0.2) is 6.10 Å². The van der Waals surface area contributed by atoms with Crippen LogP contribution in [0.15, 0.2) is 91.0 Å². The monoisotopic (exact) mass is 1020 g/mol. The number of carbonyl (C=O) groups excluding carboxylic acids is 9. The molecule has 3 aromatic rings. The number of hydrogen-bond donors (Lipinski definition) is 7. The molecule has 74 heavy (non-hydrogen) atoms. The van der Waals surface area contributed by atoms with Gasteiger partial charge in [-0.05, 0) is 67.6 Å². The molecule has 2 fully saturated rings. The number of hydrogen-bond acceptors (Lipinski definition) is 12. The van der Waals surface area contributed by atoms with Crippen LogP contribution in [0.25, 0.3) is 0 Å². The molecule has 20 nitrogen and oxygen atoms in total. The Balaban J connectivity index is 1.56. The maximum absolute atomic E-state index is 14.9. The first kappa shape index (κ1) is 57.5. The lowest BCUT2D eigenvalue weighted by Crippen LogP contribution is -2.65. The van der Waals surface area contributed by atoms with E-state index in [1.54, 1.807) is 113 Å². The number of amides is 8. The number of cyclic esters (lactones) is 1. The molecule has 0 aromatic heterocycles. The molecule has 3 aromatic carbocycles. The lowest BCUT2D eigenvalue weighted by molar-refractivity contribution is -0.166. The summed E-state index contributed by atoms with van der Waals surface area (Å²) in [5, 5.41) is 27.2. The van der Waals surface area contributed by atoms with E-state index in [4.69, 9.17) is 9.47 Å². The van der Waals surface area contributed by atoms with Crippen molar-refractivity contribution >= 4 is 53.4 Å². The molecule has 2 bridgehead atoms. The van der Waals surface area contributed by atoms with Crippen LogP contribution in [0, 0.1) is 17.8 Å². The number of likely N-dealkylation sites (N-methyl/N-ethyl adjacent to an activating group) is 1. The van der Waals surface area contributed by atoms with E-state index < -0.39 is 126 Å². The van der Waals surface area contributed by atoms with Crippen LogP contribution in [0.1, 0.15) is 97.4 Å². The summed E-state index contributed by atoms with van der Waals surface area (Å²) in [4.78, 5) is 131. The summed E-state index contributed by atoms with van der Waals surface area (Å²) < 4.78 is 11.5. The van der Waals surface area contributed by atoms with E-state index in [0.717, 1.165) is 4.90 Å². The van der Waals surface area contributed by atoms with E-state index in [2.05, 4.69) is 31.9 Å². The molecular formula is C54H72N8O12. The highest BCUT2D eigenvalue weighted by atomic mass is 16.6. The number of nitrogens with zero attached hydrogens (tertiary/aromatic N) is 2. The van der Waals surface area contributed by atoms with Crippen LogP contribution in [0.4, 0.5) is 4.79 Å². The predicted octanol–water partition coefficient (Wildman–Crippen LogP) is 2.78. The first-order valence-electron chi connectivity index (χ1n) is 25.1. The number of benzene rings is 3. The Morgan fingerprint density at radius 2 is 1.22 bits per heavy atom. The number of rotatable bonds is 14. The van der Waals surface area contributed by atoms with E-state index in [-0.39, 0.29) is 43.8 Å². The molecule has 400 valence electrons. The van der Waals surface area contributed by atoms with Crippen molar-refractivity contribution in [2.45, 2.75) is 148 Å². The van der Waals surface area contributed by atoms with Crippen LogP contribution >= 0.6 is 0 Å². The summed E-state index contributed by atoms with van der Waals surface area (Å²) in [6.45, 7) is 12.9. The van der Waals surface area contributed by atoms with Crippen molar-refractivity contribution in [2.24, 2.45) is 17.8 Å². The van der Waals surface area contributed by atoms with Crippen molar-refractivity contribution in [3.8, 4) is 0 Å². The molecule has 2 aliphatic heterocycles. The number of aliphatic hydroxyl groups excluding tert-OH is 1. The molecule has 7 N–H and O–H groups in total. The zero-order valence-electron chi connectivity index (χ0n) is 43.5. The molecule has 0 aliphatic carbocycles. The molecule has 20 heteroatoms. The Hall–Kier alpha value is -7.35. The van der Waals surface area contributed by atoms with Crippen molar-refractivity contribution in [1.29, 1.82) is 0 Å². The Labute approximate surface area is 432 Å². The van der Waals surface area contributed by atoms with Gasteiger partial charge in [0.05, 0.1) is 0 Å². The number of fused-ring (bicyclic) bond motifs is 2. The quantitative estimate of drug-likeness (QED) is 0.115. The predicted molar refractivity (Wildman–Crippen MR) is 272 cm³/mol. The number of alkyl carbamates (subject to hydrolysis) is 1. The largest absolute Gasteiger partial charge is 0.453 e. The van der Waals surface area contributed by atoms with Crippen molar-refractivity contribution in [1.82, 2.24) is 41.7 Å². The van der Waals surface area contributed by atoms with Crippen molar-refractivity contribution in [3.05, 3.63) is 108 Å². The zero-order valence-corrected chi connectivity index (χ0v) is 43.5. The highest BCUT2D eigenvalue weighted by Crippen LogP contribution is 2.28. The third-order valence-electron chi connectivity index (χ3n) is 13.0. The van der Waals surface area contributed by atoms with Crippen molar-refractivity contribution < 1.29 is 57.7 Å². The highest BCUT2D eigenvalue weighted by molar-refractivity contribution is 5.98. The molecule has 5 rings (SSSR count). The van der Waals surface area contributed by atoms with Gasteiger partial charge >= 0.3 is 12.1 Å². The van der Waals surface area contributed by atoms with Crippen molar-refractivity contribution in [2.75, 3.05) is 7.05 Å². The van der Waals surface area contributed by atoms with Crippen LogP contribution < -0.4 is 31.9 Å². The second-order valence-electron chi connectivity index (χ2n) is 20.0. The Morgan fingerprint density at radius 3 is 1.80 bits per heavy atom. The molecule has 0 saturated carbocycles. The molecule has 10 atom stereocenters. The molecule has 2 aliphatic rings. The Kier molecular flexibility index (Phi) is 20.7. The average molecular weight is 1030 g/mol.